The molecule has 11 nitrogen and oxygen atoms in total. The van der Waals surface area contributed by atoms with Gasteiger partial charge < -0.3 is 4.74 Å². The number of esters is 1. The maximum atomic E-state index is 10.4. The van der Waals surface area contributed by atoms with Gasteiger partial charge in [-0.15, -0.1) is 0 Å². The molecule has 0 atom stereocenters. The third-order valence-corrected chi connectivity index (χ3v) is 1.62. The summed E-state index contributed by atoms with van der Waals surface area (Å²) in [6, 6.07) is 0. The van der Waals surface area contributed by atoms with Gasteiger partial charge in [0.05, 0.1) is 0 Å². The Morgan fingerprint density at radius 1 is 1.12 bits per heavy atom. The number of nitrogens with zero attached hydrogens (tertiary/aromatic N) is 3. The van der Waals surface area contributed by atoms with Gasteiger partial charge in [0.15, 0.2) is 14.8 Å². The molecule has 0 aliphatic rings. The lowest BCUT2D eigenvalue weighted by molar-refractivity contribution is -0.970. The van der Waals surface area contributed by atoms with Crippen LogP contribution in [0.15, 0.2) is 0 Å². The minimum atomic E-state index is -3.57. The largest absolute Gasteiger partial charge is 0.703 e. The number of ether oxygens (including phenoxy) is 1. The monoisotopic (exact) mass is 237 g/mol. The maximum absolute atomic E-state index is 10.4. The smallest absolute Gasteiger partial charge is 0.465 e. The topological polar surface area (TPSA) is 156 Å². The van der Waals surface area contributed by atoms with E-state index in [2.05, 4.69) is 4.74 Å². The van der Waals surface area contributed by atoms with Crippen molar-refractivity contribution in [1.82, 2.24) is 0 Å². The molecule has 90 valence electrons. The first-order chi connectivity index (χ1) is 7.25. The normalized spacial score (nSPS) is 10.6. The van der Waals surface area contributed by atoms with Gasteiger partial charge >= 0.3 is 11.8 Å². The van der Waals surface area contributed by atoms with Gasteiger partial charge in [-0.3, -0.25) is 35.1 Å². The highest BCUT2D eigenvalue weighted by atomic mass is 16.7. The Bertz CT molecular complexity index is 303. The average Bonchev–Trinajstić information content (AvgIpc) is 2.09. The van der Waals surface area contributed by atoms with E-state index in [0.29, 0.717) is 0 Å². The summed E-state index contributed by atoms with van der Waals surface area (Å²) in [6.07, 6.45) is -1.14. The highest BCUT2D eigenvalue weighted by molar-refractivity contribution is 5.65. The van der Waals surface area contributed by atoms with Gasteiger partial charge in [-0.1, -0.05) is 0 Å². The van der Waals surface area contributed by atoms with E-state index < -0.39 is 39.6 Å². The maximum Gasteiger partial charge on any atom is 0.703 e. The van der Waals surface area contributed by atoms with Crippen LogP contribution in [0.3, 0.4) is 0 Å². The molecule has 0 amide bonds. The summed E-state index contributed by atoms with van der Waals surface area (Å²) >= 11 is 0. The van der Waals surface area contributed by atoms with Gasteiger partial charge in [0.25, 0.3) is 0 Å². The molecule has 0 saturated heterocycles. The SMILES string of the molecule is CC(=O)OCCC([N+](=O)[O-])([N+](=O)[O-])[N+](=O)[O-]. The van der Waals surface area contributed by atoms with E-state index in [1.54, 1.807) is 0 Å². The van der Waals surface area contributed by atoms with Crippen LogP contribution in [0.1, 0.15) is 13.3 Å². The molecule has 11 heteroatoms. The molecule has 0 aromatic carbocycles. The predicted octanol–water partition coefficient (Wildman–Crippen LogP) is -0.576. The summed E-state index contributed by atoms with van der Waals surface area (Å²) in [5.74, 6) is -4.42. The van der Waals surface area contributed by atoms with Crippen molar-refractivity contribution in [3.8, 4) is 0 Å². The molecule has 0 radical (unpaired) electrons. The average molecular weight is 237 g/mol. The van der Waals surface area contributed by atoms with E-state index in [-0.39, 0.29) is 0 Å². The Kier molecular flexibility index (Phi) is 4.23. The van der Waals surface area contributed by atoms with Crippen molar-refractivity contribution < 1.29 is 24.3 Å². The number of hydrogen-bond acceptors (Lipinski definition) is 8. The molecular weight excluding hydrogens is 230 g/mol. The van der Waals surface area contributed by atoms with E-state index in [0.717, 1.165) is 6.92 Å². The van der Waals surface area contributed by atoms with Gasteiger partial charge in [-0.25, -0.2) is 0 Å². The van der Waals surface area contributed by atoms with Gasteiger partial charge in [0.1, 0.15) is 6.61 Å². The molecule has 16 heavy (non-hydrogen) atoms. The number of hydrogen-bond donors (Lipinski definition) is 0. The van der Waals surface area contributed by atoms with Crippen LogP contribution in [-0.2, 0) is 9.53 Å². The fourth-order valence-corrected chi connectivity index (χ4v) is 0.806. The van der Waals surface area contributed by atoms with Crippen molar-refractivity contribution in [2.45, 2.75) is 19.1 Å². The van der Waals surface area contributed by atoms with Crippen LogP contribution in [-0.4, -0.2) is 33.1 Å². The molecule has 0 aliphatic carbocycles. The Balaban J connectivity index is 4.92. The molecule has 0 bridgehead atoms. The van der Waals surface area contributed by atoms with Crippen molar-refractivity contribution in [3.63, 3.8) is 0 Å². The van der Waals surface area contributed by atoms with Crippen LogP contribution >= 0.6 is 0 Å². The number of carbonyl (C=O) groups is 1. The molecule has 0 aromatic heterocycles. The fourth-order valence-electron chi connectivity index (χ4n) is 0.806. The van der Waals surface area contributed by atoms with Crippen molar-refractivity contribution >= 4 is 5.97 Å². The van der Waals surface area contributed by atoms with Gasteiger partial charge in [0.2, 0.25) is 6.42 Å². The first kappa shape index (κ1) is 13.7. The lowest BCUT2D eigenvalue weighted by Gasteiger charge is -2.08. The molecule has 0 unspecified atom stereocenters. The minimum Gasteiger partial charge on any atom is -0.465 e. The summed E-state index contributed by atoms with van der Waals surface area (Å²) in [7, 11) is 0. The number of nitro groups is 3. The van der Waals surface area contributed by atoms with Gasteiger partial charge in [-0.05, 0) is 0 Å². The Morgan fingerprint density at radius 2 is 1.50 bits per heavy atom. The predicted molar refractivity (Wildman–Crippen MR) is 45.0 cm³/mol. The zero-order valence-corrected chi connectivity index (χ0v) is 8.02. The number of carbonyl (C=O) groups excluding carboxylic acids is 1. The first-order valence-corrected chi connectivity index (χ1v) is 3.82. The standard InChI is InChI=1S/C5H7N3O8/c1-4(9)16-3-2-5(6(10)11,7(12)13)8(14)15/h2-3H2,1H3. The molecule has 0 N–H and O–H groups in total. The Labute approximate surface area is 87.4 Å². The molecule has 0 aromatic rings. The Hall–Kier alpha value is -2.33. The highest BCUT2D eigenvalue weighted by Gasteiger charge is 2.69. The van der Waals surface area contributed by atoms with Crippen molar-refractivity contribution in [3.05, 3.63) is 30.3 Å². The second-order valence-corrected chi connectivity index (χ2v) is 2.64. The van der Waals surface area contributed by atoms with Gasteiger partial charge in [-0.2, -0.15) is 0 Å². The van der Waals surface area contributed by atoms with E-state index in [4.69, 9.17) is 0 Å². The third kappa shape index (κ3) is 2.59. The van der Waals surface area contributed by atoms with Crippen LogP contribution in [0.2, 0.25) is 0 Å². The molecular formula is C5H7N3O8. The van der Waals surface area contributed by atoms with Crippen molar-refractivity contribution in [2.24, 2.45) is 0 Å². The van der Waals surface area contributed by atoms with E-state index in [9.17, 15) is 35.1 Å². The molecule has 0 fully saturated rings. The summed E-state index contributed by atoms with van der Waals surface area (Å²) in [4.78, 5) is 36.5. The second kappa shape index (κ2) is 4.95. The summed E-state index contributed by atoms with van der Waals surface area (Å²) in [5, 5.41) is 31.1. The molecule has 0 heterocycles. The third-order valence-electron chi connectivity index (χ3n) is 1.62. The Morgan fingerprint density at radius 3 is 1.75 bits per heavy atom. The minimum absolute atomic E-state index is 0.779. The zero-order valence-electron chi connectivity index (χ0n) is 8.02. The molecule has 0 aliphatic heterocycles. The van der Waals surface area contributed by atoms with Crippen molar-refractivity contribution in [2.75, 3.05) is 6.61 Å². The first-order valence-electron chi connectivity index (χ1n) is 3.82. The van der Waals surface area contributed by atoms with Crippen LogP contribution in [0.5, 0.6) is 0 Å². The van der Waals surface area contributed by atoms with E-state index >= 15 is 0 Å². The van der Waals surface area contributed by atoms with Crippen molar-refractivity contribution in [1.29, 1.82) is 0 Å². The summed E-state index contributed by atoms with van der Waals surface area (Å²) in [5.41, 5.74) is 0. The van der Waals surface area contributed by atoms with E-state index in [1.165, 1.54) is 0 Å². The number of rotatable bonds is 6. The highest BCUT2D eigenvalue weighted by Crippen LogP contribution is 2.17. The van der Waals surface area contributed by atoms with Crippen LogP contribution in [0.4, 0.5) is 0 Å². The van der Waals surface area contributed by atoms with Crippen LogP contribution in [0.25, 0.3) is 0 Å². The quantitative estimate of drug-likeness (QED) is 0.257. The second-order valence-electron chi connectivity index (χ2n) is 2.64. The zero-order chi connectivity index (χ0) is 12.9. The summed E-state index contributed by atoms with van der Waals surface area (Å²) < 4.78 is 4.20. The summed E-state index contributed by atoms with van der Waals surface area (Å²) in [6.45, 7) is 0.185. The van der Waals surface area contributed by atoms with E-state index in [1.807, 2.05) is 0 Å². The molecule has 0 rings (SSSR count). The van der Waals surface area contributed by atoms with Gasteiger partial charge in [0, 0.05) is 6.92 Å². The van der Waals surface area contributed by atoms with Crippen LogP contribution < -0.4 is 0 Å². The lowest BCUT2D eigenvalue weighted by Crippen LogP contribution is -2.53. The molecule has 0 saturated carbocycles. The van der Waals surface area contributed by atoms with Crippen LogP contribution in [0, 0.1) is 30.3 Å². The lowest BCUT2D eigenvalue weighted by atomic mass is 10.3. The fraction of sp³-hybridized carbons (Fsp3) is 0.800. The molecule has 0 spiro atoms.